The highest BCUT2D eigenvalue weighted by Crippen LogP contribution is 2.53. The van der Waals surface area contributed by atoms with E-state index in [2.05, 4.69) is 20.8 Å². The van der Waals surface area contributed by atoms with E-state index in [1.54, 1.807) is 0 Å². The van der Waals surface area contributed by atoms with E-state index < -0.39 is 8.56 Å². The third-order valence-electron chi connectivity index (χ3n) is 5.94. The van der Waals surface area contributed by atoms with Crippen LogP contribution in [0.5, 0.6) is 0 Å². The first-order valence-electron chi connectivity index (χ1n) is 10.1. The molecule has 0 bridgehead atoms. The van der Waals surface area contributed by atoms with Gasteiger partial charge < -0.3 is 8.85 Å². The van der Waals surface area contributed by atoms with Gasteiger partial charge in [0.15, 0.2) is 0 Å². The molecule has 2 nitrogen and oxygen atoms in total. The van der Waals surface area contributed by atoms with Gasteiger partial charge in [-0.25, -0.2) is 0 Å². The van der Waals surface area contributed by atoms with Crippen molar-refractivity contribution in [3.63, 3.8) is 0 Å². The minimum atomic E-state index is -2.09. The van der Waals surface area contributed by atoms with E-state index in [1.165, 1.54) is 57.8 Å². The maximum absolute atomic E-state index is 6.75. The summed E-state index contributed by atoms with van der Waals surface area (Å²) in [7, 11) is -2.09. The van der Waals surface area contributed by atoms with Crippen LogP contribution in [-0.2, 0) is 8.85 Å². The third kappa shape index (κ3) is 4.15. The van der Waals surface area contributed by atoms with Crippen molar-refractivity contribution in [3.05, 3.63) is 0 Å². The largest absolute Gasteiger partial charge is 0.394 e. The molecule has 0 aromatic heterocycles. The Labute approximate surface area is 139 Å². The molecule has 0 amide bonds. The summed E-state index contributed by atoms with van der Waals surface area (Å²) >= 11 is 0. The van der Waals surface area contributed by atoms with E-state index >= 15 is 0 Å². The molecular formula is C19H38O2Si. The van der Waals surface area contributed by atoms with Gasteiger partial charge in [0.1, 0.15) is 0 Å². The summed E-state index contributed by atoms with van der Waals surface area (Å²) in [6, 6.07) is 0. The standard InChI is InChI=1S/C19H38O2Si/c1-4-15-20-22(21-16-5-2,18-12-8-7-9-13-18)19-14-10-11-17(19)6-3/h17-19H,4-16H2,1-3H3. The van der Waals surface area contributed by atoms with E-state index in [9.17, 15) is 0 Å². The van der Waals surface area contributed by atoms with E-state index in [0.717, 1.165) is 43.1 Å². The Bertz CT molecular complexity index is 294. The summed E-state index contributed by atoms with van der Waals surface area (Å²) in [6.07, 6.45) is 14.7. The molecule has 3 heteroatoms. The summed E-state index contributed by atoms with van der Waals surface area (Å²) < 4.78 is 13.5. The van der Waals surface area contributed by atoms with Crippen molar-refractivity contribution in [2.24, 2.45) is 5.92 Å². The molecule has 130 valence electrons. The van der Waals surface area contributed by atoms with Gasteiger partial charge >= 0.3 is 8.56 Å². The summed E-state index contributed by atoms with van der Waals surface area (Å²) in [4.78, 5) is 0. The Kier molecular flexibility index (Phi) is 7.92. The SMILES string of the molecule is CCCO[Si](OCCC)(C1CCCCC1)C1CCCC1CC. The summed E-state index contributed by atoms with van der Waals surface area (Å²) in [6.45, 7) is 8.69. The summed E-state index contributed by atoms with van der Waals surface area (Å²) in [5, 5.41) is 0. The molecular weight excluding hydrogens is 288 g/mol. The second kappa shape index (κ2) is 9.44. The van der Waals surface area contributed by atoms with E-state index in [4.69, 9.17) is 8.85 Å². The Morgan fingerprint density at radius 2 is 1.41 bits per heavy atom. The average Bonchev–Trinajstić information content (AvgIpc) is 3.05. The molecule has 22 heavy (non-hydrogen) atoms. The van der Waals surface area contributed by atoms with E-state index in [1.807, 2.05) is 0 Å². The fraction of sp³-hybridized carbons (Fsp3) is 1.00. The summed E-state index contributed by atoms with van der Waals surface area (Å²) in [5.41, 5.74) is 1.52. The van der Waals surface area contributed by atoms with Crippen LogP contribution in [0.4, 0.5) is 0 Å². The molecule has 2 aliphatic carbocycles. The Morgan fingerprint density at radius 3 is 1.95 bits per heavy atom. The first kappa shape index (κ1) is 18.5. The fourth-order valence-electron chi connectivity index (χ4n) is 4.88. The summed E-state index contributed by atoms with van der Waals surface area (Å²) in [5.74, 6) is 0.863. The number of hydrogen-bond acceptors (Lipinski definition) is 2. The molecule has 2 atom stereocenters. The highest BCUT2D eigenvalue weighted by atomic mass is 28.4. The number of rotatable bonds is 9. The predicted octanol–water partition coefficient (Wildman–Crippen LogP) is 6.20. The van der Waals surface area contributed by atoms with Crippen molar-refractivity contribution in [1.29, 1.82) is 0 Å². The van der Waals surface area contributed by atoms with Crippen molar-refractivity contribution in [2.45, 2.75) is 102 Å². The molecule has 2 rings (SSSR count). The average molecular weight is 327 g/mol. The lowest BCUT2D eigenvalue weighted by atomic mass is 10.0. The first-order valence-corrected chi connectivity index (χ1v) is 12.0. The molecule has 0 N–H and O–H groups in total. The van der Waals surface area contributed by atoms with E-state index in [-0.39, 0.29) is 0 Å². The predicted molar refractivity (Wildman–Crippen MR) is 96.5 cm³/mol. The van der Waals surface area contributed by atoms with Gasteiger partial charge in [-0.3, -0.25) is 0 Å². The van der Waals surface area contributed by atoms with Gasteiger partial charge in [0.05, 0.1) is 0 Å². The molecule has 0 aromatic rings. The van der Waals surface area contributed by atoms with Gasteiger partial charge in [-0.1, -0.05) is 59.3 Å². The minimum Gasteiger partial charge on any atom is -0.394 e. The van der Waals surface area contributed by atoms with Gasteiger partial charge in [-0.15, -0.1) is 0 Å². The molecule has 0 aliphatic heterocycles. The zero-order valence-corrected chi connectivity index (χ0v) is 16.2. The zero-order chi connectivity index (χ0) is 15.8. The molecule has 0 heterocycles. The van der Waals surface area contributed by atoms with Crippen LogP contribution in [0, 0.1) is 5.92 Å². The monoisotopic (exact) mass is 326 g/mol. The van der Waals surface area contributed by atoms with Crippen molar-refractivity contribution < 1.29 is 8.85 Å². The zero-order valence-electron chi connectivity index (χ0n) is 15.2. The maximum atomic E-state index is 6.75. The highest BCUT2D eigenvalue weighted by Gasteiger charge is 2.55. The topological polar surface area (TPSA) is 18.5 Å². The number of hydrogen-bond donors (Lipinski definition) is 0. The maximum Gasteiger partial charge on any atom is 0.344 e. The molecule has 0 spiro atoms. The lowest BCUT2D eigenvalue weighted by Gasteiger charge is -2.45. The van der Waals surface area contributed by atoms with Gasteiger partial charge in [0.2, 0.25) is 0 Å². The Morgan fingerprint density at radius 1 is 0.773 bits per heavy atom. The van der Waals surface area contributed by atoms with Crippen molar-refractivity contribution in [3.8, 4) is 0 Å². The Hall–Kier alpha value is 0.137. The highest BCUT2D eigenvalue weighted by molar-refractivity contribution is 6.70. The second-order valence-corrected chi connectivity index (χ2v) is 11.0. The smallest absolute Gasteiger partial charge is 0.344 e. The molecule has 2 saturated carbocycles. The van der Waals surface area contributed by atoms with Crippen molar-refractivity contribution in [1.82, 2.24) is 0 Å². The molecule has 2 unspecified atom stereocenters. The van der Waals surface area contributed by atoms with Crippen LogP contribution in [0.3, 0.4) is 0 Å². The van der Waals surface area contributed by atoms with Crippen LogP contribution in [0.2, 0.25) is 11.1 Å². The van der Waals surface area contributed by atoms with Crippen LogP contribution in [-0.4, -0.2) is 21.8 Å². The molecule has 0 radical (unpaired) electrons. The molecule has 2 fully saturated rings. The minimum absolute atomic E-state index is 0.761. The van der Waals surface area contributed by atoms with Gasteiger partial charge in [-0.05, 0) is 38.0 Å². The van der Waals surface area contributed by atoms with Gasteiger partial charge in [-0.2, -0.15) is 0 Å². The lowest BCUT2D eigenvalue weighted by molar-refractivity contribution is 0.134. The first-order chi connectivity index (χ1) is 10.8. The quantitative estimate of drug-likeness (QED) is 0.470. The van der Waals surface area contributed by atoms with Crippen molar-refractivity contribution in [2.75, 3.05) is 13.2 Å². The molecule has 0 saturated heterocycles. The lowest BCUT2D eigenvalue weighted by Crippen LogP contribution is -2.53. The second-order valence-electron chi connectivity index (χ2n) is 7.46. The van der Waals surface area contributed by atoms with E-state index in [0.29, 0.717) is 0 Å². The van der Waals surface area contributed by atoms with Crippen LogP contribution < -0.4 is 0 Å². The van der Waals surface area contributed by atoms with Gasteiger partial charge in [0.25, 0.3) is 0 Å². The van der Waals surface area contributed by atoms with Crippen LogP contribution in [0.1, 0.15) is 91.4 Å². The molecule has 0 aromatic carbocycles. The third-order valence-corrected chi connectivity index (χ3v) is 10.8. The van der Waals surface area contributed by atoms with Crippen LogP contribution in [0.25, 0.3) is 0 Å². The van der Waals surface area contributed by atoms with Crippen molar-refractivity contribution >= 4 is 8.56 Å². The Balaban J connectivity index is 2.24. The van der Waals surface area contributed by atoms with Gasteiger partial charge in [0, 0.05) is 24.3 Å². The fourth-order valence-corrected chi connectivity index (χ4v) is 10.4. The van der Waals surface area contributed by atoms with Crippen LogP contribution in [0.15, 0.2) is 0 Å². The normalized spacial score (nSPS) is 27.4. The molecule has 2 aliphatic rings. The van der Waals surface area contributed by atoms with Crippen LogP contribution >= 0.6 is 0 Å².